The van der Waals surface area contributed by atoms with Crippen LogP contribution in [0.2, 0.25) is 0 Å². The Labute approximate surface area is 118 Å². The van der Waals surface area contributed by atoms with Crippen LogP contribution >= 0.6 is 0 Å². The van der Waals surface area contributed by atoms with Gasteiger partial charge in [0.15, 0.2) is 9.84 Å². The van der Waals surface area contributed by atoms with Crippen molar-refractivity contribution < 1.29 is 16.8 Å². The van der Waals surface area contributed by atoms with Crippen LogP contribution in [0.5, 0.6) is 0 Å². The van der Waals surface area contributed by atoms with Gasteiger partial charge in [-0.1, -0.05) is 0 Å². The first-order valence-electron chi connectivity index (χ1n) is 6.03. The number of nitrogens with two attached hydrogens (primary N) is 1. The zero-order valence-corrected chi connectivity index (χ0v) is 12.6. The molecule has 0 aliphatic carbocycles. The molecule has 1 aliphatic rings. The minimum atomic E-state index is -3.56. The molecule has 1 aromatic rings. The van der Waals surface area contributed by atoms with Gasteiger partial charge < -0.3 is 11.1 Å². The maximum Gasteiger partial charge on any atom is 0.240 e. The molecule has 0 amide bonds. The van der Waals surface area contributed by atoms with E-state index in [9.17, 15) is 16.8 Å². The lowest BCUT2D eigenvalue weighted by Crippen LogP contribution is -2.22. The third kappa shape index (κ3) is 3.22. The number of anilines is 2. The first kappa shape index (κ1) is 15.1. The van der Waals surface area contributed by atoms with Crippen molar-refractivity contribution in [3.8, 4) is 0 Å². The number of benzene rings is 1. The van der Waals surface area contributed by atoms with Crippen molar-refractivity contribution in [1.29, 1.82) is 0 Å². The molecular formula is C11H17N3O4S2. The van der Waals surface area contributed by atoms with Crippen LogP contribution in [-0.4, -0.2) is 41.4 Å². The molecule has 20 heavy (non-hydrogen) atoms. The van der Waals surface area contributed by atoms with Gasteiger partial charge >= 0.3 is 0 Å². The lowest BCUT2D eigenvalue weighted by Gasteiger charge is -2.15. The molecule has 0 aromatic heterocycles. The second-order valence-corrected chi connectivity index (χ2v) is 8.82. The van der Waals surface area contributed by atoms with E-state index in [2.05, 4.69) is 10.0 Å². The summed E-state index contributed by atoms with van der Waals surface area (Å²) in [4.78, 5) is 0.0811. The van der Waals surface area contributed by atoms with Gasteiger partial charge in [0.1, 0.15) is 0 Å². The number of sulfone groups is 1. The second kappa shape index (κ2) is 5.23. The van der Waals surface area contributed by atoms with Crippen LogP contribution in [0.25, 0.3) is 0 Å². The van der Waals surface area contributed by atoms with E-state index < -0.39 is 19.9 Å². The number of sulfonamides is 1. The highest BCUT2D eigenvalue weighted by molar-refractivity contribution is 7.91. The van der Waals surface area contributed by atoms with E-state index in [0.29, 0.717) is 17.8 Å². The Morgan fingerprint density at radius 2 is 2.05 bits per heavy atom. The van der Waals surface area contributed by atoms with Gasteiger partial charge in [0, 0.05) is 6.04 Å². The van der Waals surface area contributed by atoms with Crippen LogP contribution in [0.4, 0.5) is 11.4 Å². The van der Waals surface area contributed by atoms with Crippen LogP contribution in [0.15, 0.2) is 23.1 Å². The third-order valence-electron chi connectivity index (χ3n) is 3.20. The number of hydrogen-bond donors (Lipinski definition) is 3. The molecule has 4 N–H and O–H groups in total. The van der Waals surface area contributed by atoms with E-state index in [1.165, 1.54) is 25.2 Å². The van der Waals surface area contributed by atoms with Crippen molar-refractivity contribution in [3.05, 3.63) is 18.2 Å². The van der Waals surface area contributed by atoms with Crippen LogP contribution in [0, 0.1) is 0 Å². The van der Waals surface area contributed by atoms with Crippen molar-refractivity contribution >= 4 is 31.2 Å². The van der Waals surface area contributed by atoms with Crippen LogP contribution < -0.4 is 15.8 Å². The van der Waals surface area contributed by atoms with E-state index >= 15 is 0 Å². The average Bonchev–Trinajstić information content (AvgIpc) is 2.71. The second-order valence-electron chi connectivity index (χ2n) is 4.70. The van der Waals surface area contributed by atoms with E-state index in [4.69, 9.17) is 5.73 Å². The van der Waals surface area contributed by atoms with E-state index in [1.54, 1.807) is 0 Å². The quantitative estimate of drug-likeness (QED) is 0.660. The molecule has 1 fully saturated rings. The lowest BCUT2D eigenvalue weighted by molar-refractivity contribution is 0.588. The minimum absolute atomic E-state index is 0.0371. The van der Waals surface area contributed by atoms with Gasteiger partial charge in [-0.2, -0.15) is 0 Å². The SMILES string of the molecule is CNS(=O)(=O)c1ccc(N)c(NC2CCS(=O)(=O)C2)c1. The summed E-state index contributed by atoms with van der Waals surface area (Å²) in [5, 5.41) is 3.00. The first-order chi connectivity index (χ1) is 9.23. The van der Waals surface area contributed by atoms with Crippen molar-refractivity contribution in [2.24, 2.45) is 0 Å². The standard InChI is InChI=1S/C11H17N3O4S2/c1-13-20(17,18)9-2-3-10(12)11(6-9)14-8-4-5-19(15,16)7-8/h2-3,6,8,13-14H,4-5,7,12H2,1H3. The Balaban J connectivity index is 2.26. The zero-order valence-electron chi connectivity index (χ0n) is 11.0. The van der Waals surface area contributed by atoms with Gasteiger partial charge in [0.25, 0.3) is 0 Å². The van der Waals surface area contributed by atoms with Crippen LogP contribution in [-0.2, 0) is 19.9 Å². The molecule has 1 heterocycles. The predicted octanol–water partition coefficient (Wildman–Crippen LogP) is -0.224. The van der Waals surface area contributed by atoms with Crippen LogP contribution in [0.1, 0.15) is 6.42 Å². The Kier molecular flexibility index (Phi) is 3.94. The number of nitrogens with one attached hydrogen (secondary N) is 2. The van der Waals surface area contributed by atoms with Gasteiger partial charge in [-0.25, -0.2) is 21.6 Å². The molecular weight excluding hydrogens is 302 g/mol. The lowest BCUT2D eigenvalue weighted by atomic mass is 10.2. The molecule has 0 radical (unpaired) electrons. The number of hydrogen-bond acceptors (Lipinski definition) is 6. The maximum absolute atomic E-state index is 11.7. The molecule has 1 aliphatic heterocycles. The molecule has 7 nitrogen and oxygen atoms in total. The molecule has 0 bridgehead atoms. The van der Waals surface area contributed by atoms with Crippen molar-refractivity contribution in [1.82, 2.24) is 4.72 Å². The fourth-order valence-electron chi connectivity index (χ4n) is 2.07. The highest BCUT2D eigenvalue weighted by Crippen LogP contribution is 2.25. The van der Waals surface area contributed by atoms with Gasteiger partial charge in [-0.05, 0) is 31.7 Å². The monoisotopic (exact) mass is 319 g/mol. The Hall–Kier alpha value is -1.32. The Bertz CT molecular complexity index is 713. The minimum Gasteiger partial charge on any atom is -0.397 e. The maximum atomic E-state index is 11.7. The summed E-state index contributed by atoms with van der Waals surface area (Å²) in [7, 11) is -5.24. The molecule has 0 saturated carbocycles. The fraction of sp³-hybridized carbons (Fsp3) is 0.455. The largest absolute Gasteiger partial charge is 0.397 e. The van der Waals surface area contributed by atoms with Gasteiger partial charge in [-0.3, -0.25) is 0 Å². The molecule has 1 unspecified atom stereocenters. The Morgan fingerprint density at radius 3 is 2.60 bits per heavy atom. The number of rotatable bonds is 4. The summed E-state index contributed by atoms with van der Waals surface area (Å²) >= 11 is 0. The van der Waals surface area contributed by atoms with E-state index in [0.717, 1.165) is 0 Å². The highest BCUT2D eigenvalue weighted by Gasteiger charge is 2.28. The predicted molar refractivity (Wildman–Crippen MR) is 77.8 cm³/mol. The van der Waals surface area contributed by atoms with Crippen molar-refractivity contribution in [3.63, 3.8) is 0 Å². The summed E-state index contributed by atoms with van der Waals surface area (Å²) in [5.74, 6) is 0.175. The fourth-order valence-corrected chi connectivity index (χ4v) is 4.50. The first-order valence-corrected chi connectivity index (χ1v) is 9.34. The summed E-state index contributed by atoms with van der Waals surface area (Å²) in [6.45, 7) is 0. The summed E-state index contributed by atoms with van der Waals surface area (Å²) in [6, 6.07) is 4.05. The van der Waals surface area contributed by atoms with E-state index in [-0.39, 0.29) is 22.4 Å². The summed E-state index contributed by atoms with van der Waals surface area (Å²) in [5.41, 5.74) is 6.61. The molecule has 2 rings (SSSR count). The molecule has 1 saturated heterocycles. The highest BCUT2D eigenvalue weighted by atomic mass is 32.2. The molecule has 9 heteroatoms. The Morgan fingerprint density at radius 1 is 1.35 bits per heavy atom. The summed E-state index contributed by atoms with van der Waals surface area (Å²) < 4.78 is 48.5. The molecule has 1 atom stereocenters. The summed E-state index contributed by atoms with van der Waals surface area (Å²) in [6.07, 6.45) is 0.491. The van der Waals surface area contributed by atoms with Gasteiger partial charge in [0.05, 0.1) is 27.8 Å². The van der Waals surface area contributed by atoms with Crippen LogP contribution in [0.3, 0.4) is 0 Å². The molecule has 1 aromatic carbocycles. The molecule has 0 spiro atoms. The van der Waals surface area contributed by atoms with E-state index in [1.807, 2.05) is 0 Å². The molecule has 112 valence electrons. The number of nitrogen functional groups attached to an aromatic ring is 1. The van der Waals surface area contributed by atoms with Gasteiger partial charge in [0.2, 0.25) is 10.0 Å². The zero-order chi connectivity index (χ0) is 15.0. The van der Waals surface area contributed by atoms with Gasteiger partial charge in [-0.15, -0.1) is 0 Å². The average molecular weight is 319 g/mol. The normalized spacial score (nSPS) is 21.8. The third-order valence-corrected chi connectivity index (χ3v) is 6.38. The van der Waals surface area contributed by atoms with Crippen molar-refractivity contribution in [2.45, 2.75) is 17.4 Å². The topological polar surface area (TPSA) is 118 Å². The van der Waals surface area contributed by atoms with Crippen molar-refractivity contribution in [2.75, 3.05) is 29.6 Å². The smallest absolute Gasteiger partial charge is 0.240 e.